The molecule has 2 aromatic carbocycles. The molecule has 2 heterocycles. The van der Waals surface area contributed by atoms with Crippen LogP contribution in [-0.4, -0.2) is 39.5 Å². The summed E-state index contributed by atoms with van der Waals surface area (Å²) in [6, 6.07) is 18.0. The number of hydrogen-bond donors (Lipinski definition) is 2. The number of carbonyl (C=O) groups excluding carboxylic acids is 2. The van der Waals surface area contributed by atoms with E-state index in [0.717, 1.165) is 17.5 Å². The van der Waals surface area contributed by atoms with Gasteiger partial charge in [0.05, 0.1) is 12.6 Å². The molecule has 1 atom stereocenters. The Labute approximate surface area is 185 Å². The fraction of sp³-hybridized carbons (Fsp3) is 0.250. The van der Waals surface area contributed by atoms with E-state index in [2.05, 4.69) is 15.6 Å². The third-order valence-electron chi connectivity index (χ3n) is 5.40. The van der Waals surface area contributed by atoms with Gasteiger partial charge in [0.15, 0.2) is 0 Å². The number of hydrogen-bond acceptors (Lipinski definition) is 4. The Morgan fingerprint density at radius 3 is 2.66 bits per heavy atom. The molecule has 3 amide bonds. The van der Waals surface area contributed by atoms with E-state index in [9.17, 15) is 14.4 Å². The maximum Gasteiger partial charge on any atom is 0.347 e. The van der Waals surface area contributed by atoms with Crippen molar-refractivity contribution >= 4 is 17.6 Å². The minimum Gasteiger partial charge on any atom is -0.340 e. The van der Waals surface area contributed by atoms with Gasteiger partial charge in [0.2, 0.25) is 5.91 Å². The van der Waals surface area contributed by atoms with Crippen molar-refractivity contribution in [2.75, 3.05) is 18.4 Å². The lowest BCUT2D eigenvalue weighted by Gasteiger charge is -2.25. The van der Waals surface area contributed by atoms with E-state index in [1.807, 2.05) is 48.5 Å². The molecular weight excluding hydrogens is 406 g/mol. The molecule has 8 nitrogen and oxygen atoms in total. The third kappa shape index (κ3) is 5.40. The molecule has 0 saturated carbocycles. The molecular formula is C24H25N5O3. The Kier molecular flexibility index (Phi) is 6.60. The van der Waals surface area contributed by atoms with Gasteiger partial charge in [-0.3, -0.25) is 9.36 Å². The molecule has 4 rings (SSSR count). The molecule has 3 aromatic rings. The smallest absolute Gasteiger partial charge is 0.340 e. The number of amides is 3. The van der Waals surface area contributed by atoms with Crippen LogP contribution in [0.25, 0.3) is 0 Å². The van der Waals surface area contributed by atoms with Gasteiger partial charge in [-0.1, -0.05) is 42.5 Å². The van der Waals surface area contributed by atoms with Gasteiger partial charge in [-0.25, -0.2) is 14.6 Å². The van der Waals surface area contributed by atoms with Crippen LogP contribution in [0.2, 0.25) is 0 Å². The maximum atomic E-state index is 12.8. The number of likely N-dealkylation sites (tertiary alicyclic amines) is 1. The summed E-state index contributed by atoms with van der Waals surface area (Å²) in [6.07, 6.45) is 4.53. The average molecular weight is 431 g/mol. The second-order valence-corrected chi connectivity index (χ2v) is 7.74. The zero-order valence-corrected chi connectivity index (χ0v) is 17.6. The first kappa shape index (κ1) is 21.3. The number of nitrogens with one attached hydrogen (secondary N) is 2. The number of carbonyl (C=O) groups is 2. The van der Waals surface area contributed by atoms with Gasteiger partial charge in [0.1, 0.15) is 0 Å². The van der Waals surface area contributed by atoms with E-state index in [-0.39, 0.29) is 23.7 Å². The molecule has 0 bridgehead atoms. The van der Waals surface area contributed by atoms with Crippen molar-refractivity contribution in [1.29, 1.82) is 0 Å². The quantitative estimate of drug-likeness (QED) is 0.601. The van der Waals surface area contributed by atoms with Gasteiger partial charge in [-0.05, 0) is 35.7 Å². The van der Waals surface area contributed by atoms with E-state index in [0.29, 0.717) is 31.7 Å². The zero-order chi connectivity index (χ0) is 22.3. The van der Waals surface area contributed by atoms with Crippen LogP contribution in [0.4, 0.5) is 10.5 Å². The first-order valence-corrected chi connectivity index (χ1v) is 10.6. The fourth-order valence-electron chi connectivity index (χ4n) is 3.81. The molecule has 0 spiro atoms. The van der Waals surface area contributed by atoms with Crippen LogP contribution in [0.5, 0.6) is 0 Å². The average Bonchev–Trinajstić information content (AvgIpc) is 3.20. The summed E-state index contributed by atoms with van der Waals surface area (Å²) in [5.74, 6) is 0.117. The standard InChI is InChI=1S/C24H25N5O3/c30-22-11-5-13-28(22)17-21(19-8-2-1-3-9-19)27-23(31)26-20-10-4-7-18(15-20)16-29-14-6-12-25-24(29)32/h1-4,6-10,12,14-15,21H,5,11,13,16-17H2,(H2,26,27,31)/t21-/m0/s1. The maximum absolute atomic E-state index is 12.8. The van der Waals surface area contributed by atoms with E-state index in [4.69, 9.17) is 0 Å². The van der Waals surface area contributed by atoms with Crippen molar-refractivity contribution in [3.05, 3.63) is 94.7 Å². The molecule has 1 saturated heterocycles. The molecule has 0 unspecified atom stereocenters. The topological polar surface area (TPSA) is 96.3 Å². The van der Waals surface area contributed by atoms with Gasteiger partial charge < -0.3 is 15.5 Å². The molecule has 1 aliphatic rings. The summed E-state index contributed by atoms with van der Waals surface area (Å²) in [6.45, 7) is 1.50. The monoisotopic (exact) mass is 431 g/mol. The summed E-state index contributed by atoms with van der Waals surface area (Å²) in [5, 5.41) is 5.86. The number of benzene rings is 2. The van der Waals surface area contributed by atoms with Crippen molar-refractivity contribution in [3.63, 3.8) is 0 Å². The summed E-state index contributed by atoms with van der Waals surface area (Å²) in [5.41, 5.74) is 2.08. The highest BCUT2D eigenvalue weighted by Crippen LogP contribution is 2.19. The Bertz CT molecular complexity index is 1150. The Hall–Kier alpha value is -3.94. The molecule has 1 fully saturated rings. The van der Waals surface area contributed by atoms with Crippen LogP contribution < -0.4 is 16.3 Å². The van der Waals surface area contributed by atoms with Gasteiger partial charge in [0.25, 0.3) is 0 Å². The van der Waals surface area contributed by atoms with Crippen molar-refractivity contribution in [3.8, 4) is 0 Å². The minimum absolute atomic E-state index is 0.117. The largest absolute Gasteiger partial charge is 0.347 e. The van der Waals surface area contributed by atoms with Crippen molar-refractivity contribution in [1.82, 2.24) is 19.8 Å². The number of rotatable bonds is 7. The molecule has 32 heavy (non-hydrogen) atoms. The fourth-order valence-corrected chi connectivity index (χ4v) is 3.81. The third-order valence-corrected chi connectivity index (χ3v) is 5.40. The highest BCUT2D eigenvalue weighted by molar-refractivity contribution is 5.89. The first-order valence-electron chi connectivity index (χ1n) is 10.6. The van der Waals surface area contributed by atoms with Gasteiger partial charge in [-0.2, -0.15) is 0 Å². The van der Waals surface area contributed by atoms with Crippen molar-refractivity contribution < 1.29 is 9.59 Å². The summed E-state index contributed by atoms with van der Waals surface area (Å²) < 4.78 is 1.50. The number of urea groups is 1. The molecule has 0 radical (unpaired) electrons. The molecule has 0 aliphatic carbocycles. The first-order chi connectivity index (χ1) is 15.6. The molecule has 164 valence electrons. The lowest BCUT2D eigenvalue weighted by molar-refractivity contribution is -0.128. The molecule has 1 aliphatic heterocycles. The number of nitrogens with zero attached hydrogens (tertiary/aromatic N) is 3. The SMILES string of the molecule is O=C(Nc1cccc(Cn2cccnc2=O)c1)N[C@@H](CN1CCCC1=O)c1ccccc1. The minimum atomic E-state index is -0.360. The van der Waals surface area contributed by atoms with Crippen LogP contribution in [0.3, 0.4) is 0 Å². The van der Waals surface area contributed by atoms with E-state index in [1.54, 1.807) is 23.2 Å². The normalized spacial score (nSPS) is 14.2. The van der Waals surface area contributed by atoms with Gasteiger partial charge in [0, 0.05) is 37.6 Å². The Morgan fingerprint density at radius 2 is 1.91 bits per heavy atom. The van der Waals surface area contributed by atoms with E-state index < -0.39 is 0 Å². The zero-order valence-electron chi connectivity index (χ0n) is 17.6. The van der Waals surface area contributed by atoms with Gasteiger partial charge in [-0.15, -0.1) is 0 Å². The molecule has 1 aromatic heterocycles. The highest BCUT2D eigenvalue weighted by Gasteiger charge is 2.25. The van der Waals surface area contributed by atoms with Crippen LogP contribution in [-0.2, 0) is 11.3 Å². The predicted molar refractivity (Wildman–Crippen MR) is 121 cm³/mol. The summed E-state index contributed by atoms with van der Waals surface area (Å²) in [7, 11) is 0. The van der Waals surface area contributed by atoms with Crippen molar-refractivity contribution in [2.24, 2.45) is 0 Å². The van der Waals surface area contributed by atoms with E-state index >= 15 is 0 Å². The predicted octanol–water partition coefficient (Wildman–Crippen LogP) is 2.78. The second kappa shape index (κ2) is 9.91. The van der Waals surface area contributed by atoms with Crippen LogP contribution >= 0.6 is 0 Å². The molecule has 8 heteroatoms. The number of anilines is 1. The Morgan fingerprint density at radius 1 is 1.06 bits per heavy atom. The van der Waals surface area contributed by atoms with Crippen molar-refractivity contribution in [2.45, 2.75) is 25.4 Å². The highest BCUT2D eigenvalue weighted by atomic mass is 16.2. The number of aromatic nitrogens is 2. The summed E-state index contributed by atoms with van der Waals surface area (Å²) >= 11 is 0. The second-order valence-electron chi connectivity index (χ2n) is 7.74. The summed E-state index contributed by atoms with van der Waals surface area (Å²) in [4.78, 5) is 42.3. The van der Waals surface area contributed by atoms with Crippen LogP contribution in [0, 0.1) is 0 Å². The van der Waals surface area contributed by atoms with Crippen LogP contribution in [0.1, 0.15) is 30.0 Å². The Balaban J connectivity index is 1.44. The molecule has 2 N–H and O–H groups in total. The lowest BCUT2D eigenvalue weighted by atomic mass is 10.1. The van der Waals surface area contributed by atoms with Gasteiger partial charge >= 0.3 is 11.7 Å². The van der Waals surface area contributed by atoms with E-state index in [1.165, 1.54) is 10.8 Å². The van der Waals surface area contributed by atoms with Crippen LogP contribution in [0.15, 0.2) is 77.9 Å². The lowest BCUT2D eigenvalue weighted by Crippen LogP contribution is -2.40.